The van der Waals surface area contributed by atoms with Crippen LogP contribution in [0.25, 0.3) is 0 Å². The highest BCUT2D eigenvalue weighted by Crippen LogP contribution is 2.19. The van der Waals surface area contributed by atoms with Crippen LogP contribution in [0, 0.1) is 5.82 Å². The Bertz CT molecular complexity index is 467. The predicted octanol–water partition coefficient (Wildman–Crippen LogP) is 3.98. The van der Waals surface area contributed by atoms with Gasteiger partial charge in [0.2, 0.25) is 0 Å². The van der Waals surface area contributed by atoms with Crippen LogP contribution in [-0.2, 0) is 13.0 Å². The normalized spacial score (nSPS) is 10.7. The van der Waals surface area contributed by atoms with E-state index in [1.807, 2.05) is 12.1 Å². The highest BCUT2D eigenvalue weighted by molar-refractivity contribution is 9.10. The Morgan fingerprint density at radius 3 is 2.65 bits per heavy atom. The van der Waals surface area contributed by atoms with Crippen LogP contribution in [0.4, 0.5) is 4.39 Å². The number of nitrogens with one attached hydrogen (secondary N) is 1. The fourth-order valence-corrected chi connectivity index (χ4v) is 2.96. The van der Waals surface area contributed by atoms with Crippen molar-refractivity contribution in [3.8, 4) is 0 Å². The van der Waals surface area contributed by atoms with E-state index >= 15 is 0 Å². The monoisotopic (exact) mass is 313 g/mol. The second-order valence-corrected chi connectivity index (χ2v) is 5.70. The second-order valence-electron chi connectivity index (χ2n) is 3.78. The van der Waals surface area contributed by atoms with Crippen molar-refractivity contribution < 1.29 is 4.39 Å². The van der Waals surface area contributed by atoms with Gasteiger partial charge in [-0.1, -0.05) is 12.1 Å². The SMILES string of the molecule is Fc1ccc(CCNCc2cc(Br)cs2)cc1. The first-order valence-electron chi connectivity index (χ1n) is 5.42. The van der Waals surface area contributed by atoms with Crippen LogP contribution in [0.3, 0.4) is 0 Å². The predicted molar refractivity (Wildman–Crippen MR) is 73.8 cm³/mol. The third-order valence-electron chi connectivity index (χ3n) is 2.42. The van der Waals surface area contributed by atoms with E-state index in [1.165, 1.54) is 17.0 Å². The fraction of sp³-hybridized carbons (Fsp3) is 0.231. The number of thiophene rings is 1. The lowest BCUT2D eigenvalue weighted by atomic mass is 10.1. The molecule has 0 fully saturated rings. The molecule has 90 valence electrons. The first-order valence-corrected chi connectivity index (χ1v) is 7.09. The Balaban J connectivity index is 1.71. The quantitative estimate of drug-likeness (QED) is 0.823. The van der Waals surface area contributed by atoms with Crippen LogP contribution in [0.15, 0.2) is 40.2 Å². The average molecular weight is 314 g/mol. The molecule has 1 N–H and O–H groups in total. The fourth-order valence-electron chi connectivity index (χ4n) is 1.54. The first kappa shape index (κ1) is 12.7. The van der Waals surface area contributed by atoms with E-state index in [0.29, 0.717) is 0 Å². The standard InChI is InChI=1S/C13H13BrFNS/c14-11-7-13(17-9-11)8-16-6-5-10-1-3-12(15)4-2-10/h1-4,7,9,16H,5-6,8H2. The largest absolute Gasteiger partial charge is 0.312 e. The number of hydrogen-bond donors (Lipinski definition) is 1. The van der Waals surface area contributed by atoms with Crippen molar-refractivity contribution in [2.75, 3.05) is 6.54 Å². The maximum absolute atomic E-state index is 12.7. The second kappa shape index (κ2) is 6.28. The molecular formula is C13H13BrFNS. The van der Waals surface area contributed by atoms with Crippen LogP contribution >= 0.6 is 27.3 Å². The summed E-state index contributed by atoms with van der Waals surface area (Å²) < 4.78 is 13.8. The summed E-state index contributed by atoms with van der Waals surface area (Å²) in [7, 11) is 0. The molecule has 2 rings (SSSR count). The van der Waals surface area contributed by atoms with Crippen molar-refractivity contribution in [3.63, 3.8) is 0 Å². The van der Waals surface area contributed by atoms with E-state index in [9.17, 15) is 4.39 Å². The van der Waals surface area contributed by atoms with Gasteiger partial charge in [-0.3, -0.25) is 0 Å². The molecule has 0 spiro atoms. The molecule has 0 saturated carbocycles. The molecule has 0 amide bonds. The van der Waals surface area contributed by atoms with Gasteiger partial charge < -0.3 is 5.32 Å². The number of benzene rings is 1. The Kier molecular flexibility index (Phi) is 4.71. The molecule has 0 aliphatic heterocycles. The summed E-state index contributed by atoms with van der Waals surface area (Å²) in [5.41, 5.74) is 1.16. The van der Waals surface area contributed by atoms with Gasteiger partial charge in [0.05, 0.1) is 0 Å². The maximum Gasteiger partial charge on any atom is 0.123 e. The van der Waals surface area contributed by atoms with Crippen molar-refractivity contribution in [3.05, 3.63) is 56.4 Å². The van der Waals surface area contributed by atoms with Gasteiger partial charge in [-0.05, 0) is 52.7 Å². The van der Waals surface area contributed by atoms with E-state index in [0.717, 1.165) is 29.5 Å². The molecule has 17 heavy (non-hydrogen) atoms. The molecule has 0 unspecified atom stereocenters. The third-order valence-corrected chi connectivity index (χ3v) is 4.12. The topological polar surface area (TPSA) is 12.0 Å². The van der Waals surface area contributed by atoms with Crippen LogP contribution in [0.1, 0.15) is 10.4 Å². The van der Waals surface area contributed by atoms with E-state index in [2.05, 4.69) is 32.7 Å². The highest BCUT2D eigenvalue weighted by Gasteiger charge is 1.97. The van der Waals surface area contributed by atoms with Crippen LogP contribution < -0.4 is 5.32 Å². The summed E-state index contributed by atoms with van der Waals surface area (Å²) in [6.07, 6.45) is 0.923. The lowest BCUT2D eigenvalue weighted by Crippen LogP contribution is -2.15. The van der Waals surface area contributed by atoms with Crippen molar-refractivity contribution in [2.24, 2.45) is 0 Å². The van der Waals surface area contributed by atoms with E-state index in [-0.39, 0.29) is 5.82 Å². The van der Waals surface area contributed by atoms with Crippen LogP contribution in [0.5, 0.6) is 0 Å². The molecule has 1 aromatic carbocycles. The van der Waals surface area contributed by atoms with Crippen LogP contribution in [0.2, 0.25) is 0 Å². The number of halogens is 2. The lowest BCUT2D eigenvalue weighted by molar-refractivity contribution is 0.626. The van der Waals surface area contributed by atoms with Gasteiger partial charge in [-0.15, -0.1) is 11.3 Å². The molecule has 0 aliphatic rings. The Morgan fingerprint density at radius 1 is 1.24 bits per heavy atom. The third kappa shape index (κ3) is 4.22. The minimum atomic E-state index is -0.176. The van der Waals surface area contributed by atoms with Gasteiger partial charge in [-0.2, -0.15) is 0 Å². The summed E-state index contributed by atoms with van der Waals surface area (Å²) >= 11 is 5.17. The smallest absolute Gasteiger partial charge is 0.123 e. The van der Waals surface area contributed by atoms with Gasteiger partial charge in [0, 0.05) is 21.3 Å². The molecule has 0 atom stereocenters. The summed E-state index contributed by atoms with van der Waals surface area (Å²) in [5.74, 6) is -0.176. The van der Waals surface area contributed by atoms with E-state index in [1.54, 1.807) is 11.3 Å². The van der Waals surface area contributed by atoms with E-state index < -0.39 is 0 Å². The molecule has 1 nitrogen and oxygen atoms in total. The molecular weight excluding hydrogens is 301 g/mol. The summed E-state index contributed by atoms with van der Waals surface area (Å²) in [4.78, 5) is 1.32. The van der Waals surface area contributed by atoms with Gasteiger partial charge in [-0.25, -0.2) is 4.39 Å². The van der Waals surface area contributed by atoms with Crippen molar-refractivity contribution in [2.45, 2.75) is 13.0 Å². The van der Waals surface area contributed by atoms with Gasteiger partial charge in [0.15, 0.2) is 0 Å². The summed E-state index contributed by atoms with van der Waals surface area (Å²) in [6.45, 7) is 1.79. The Morgan fingerprint density at radius 2 is 2.00 bits per heavy atom. The average Bonchev–Trinajstić information content (AvgIpc) is 2.73. The van der Waals surface area contributed by atoms with Crippen molar-refractivity contribution in [1.82, 2.24) is 5.32 Å². The van der Waals surface area contributed by atoms with Crippen LogP contribution in [-0.4, -0.2) is 6.54 Å². The zero-order chi connectivity index (χ0) is 12.1. The molecule has 1 aromatic heterocycles. The van der Waals surface area contributed by atoms with Crippen molar-refractivity contribution >= 4 is 27.3 Å². The summed E-state index contributed by atoms with van der Waals surface area (Å²) in [5, 5.41) is 5.45. The molecule has 0 bridgehead atoms. The zero-order valence-electron chi connectivity index (χ0n) is 9.25. The minimum Gasteiger partial charge on any atom is -0.312 e. The lowest BCUT2D eigenvalue weighted by Gasteiger charge is -2.03. The van der Waals surface area contributed by atoms with Gasteiger partial charge in [0.1, 0.15) is 5.82 Å². The Hall–Kier alpha value is -0.710. The molecule has 0 radical (unpaired) electrons. The number of rotatable bonds is 5. The highest BCUT2D eigenvalue weighted by atomic mass is 79.9. The molecule has 0 saturated heterocycles. The molecule has 4 heteroatoms. The first-order chi connectivity index (χ1) is 8.24. The molecule has 2 aromatic rings. The maximum atomic E-state index is 12.7. The Labute approximate surface area is 113 Å². The van der Waals surface area contributed by atoms with Gasteiger partial charge >= 0.3 is 0 Å². The minimum absolute atomic E-state index is 0.176. The molecule has 1 heterocycles. The van der Waals surface area contributed by atoms with E-state index in [4.69, 9.17) is 0 Å². The molecule has 0 aliphatic carbocycles. The van der Waals surface area contributed by atoms with Crippen molar-refractivity contribution in [1.29, 1.82) is 0 Å². The number of hydrogen-bond acceptors (Lipinski definition) is 2. The van der Waals surface area contributed by atoms with Gasteiger partial charge in [0.25, 0.3) is 0 Å². The summed E-state index contributed by atoms with van der Waals surface area (Å²) in [6, 6.07) is 8.80. The zero-order valence-corrected chi connectivity index (χ0v) is 11.7.